The molecular formula is C38H48N4O4. The molecule has 1 heterocycles. The number of esters is 1. The highest BCUT2D eigenvalue weighted by Crippen LogP contribution is 2.28. The summed E-state index contributed by atoms with van der Waals surface area (Å²) in [5.74, 6) is 0.203. The Balaban J connectivity index is 1.36. The van der Waals surface area contributed by atoms with E-state index in [-0.39, 0.29) is 18.6 Å². The molecule has 8 heteroatoms. The van der Waals surface area contributed by atoms with Gasteiger partial charge in [0.15, 0.2) is 6.61 Å². The Hall–Kier alpha value is -4.35. The van der Waals surface area contributed by atoms with Gasteiger partial charge in [-0.25, -0.2) is 4.79 Å². The average molecular weight is 625 g/mol. The number of amides is 1. The van der Waals surface area contributed by atoms with E-state index in [9.17, 15) is 14.9 Å². The highest BCUT2D eigenvalue weighted by molar-refractivity contribution is 5.97. The maximum Gasteiger partial charge on any atom is 0.344 e. The second kappa shape index (κ2) is 15.8. The maximum atomic E-state index is 13.0. The van der Waals surface area contributed by atoms with E-state index in [0.717, 1.165) is 66.8 Å². The molecule has 1 aliphatic rings. The fraction of sp³-hybridized carbons (Fsp3) is 0.447. The van der Waals surface area contributed by atoms with Gasteiger partial charge >= 0.3 is 5.97 Å². The molecule has 0 aliphatic carbocycles. The topological polar surface area (TPSA) is 94.9 Å². The summed E-state index contributed by atoms with van der Waals surface area (Å²) in [5.41, 5.74) is 5.01. The number of hydrogen-bond donors (Lipinski definition) is 1. The molecule has 46 heavy (non-hydrogen) atoms. The zero-order valence-corrected chi connectivity index (χ0v) is 28.1. The van der Waals surface area contributed by atoms with Crippen LogP contribution in [-0.4, -0.2) is 60.7 Å². The molecule has 0 radical (unpaired) electrons. The number of ether oxygens (including phenoxy) is 2. The van der Waals surface area contributed by atoms with Crippen molar-refractivity contribution in [1.29, 1.82) is 5.26 Å². The van der Waals surface area contributed by atoms with Crippen LogP contribution in [0.25, 0.3) is 0 Å². The molecule has 0 aromatic heterocycles. The van der Waals surface area contributed by atoms with Crippen molar-refractivity contribution in [2.45, 2.75) is 85.0 Å². The number of hydrogen-bond acceptors (Lipinski definition) is 7. The van der Waals surface area contributed by atoms with Crippen LogP contribution in [0.2, 0.25) is 0 Å². The Bertz CT molecular complexity index is 1490. The van der Waals surface area contributed by atoms with E-state index in [1.807, 2.05) is 95.3 Å². The monoisotopic (exact) mass is 624 g/mol. The predicted octanol–water partition coefficient (Wildman–Crippen LogP) is 6.58. The van der Waals surface area contributed by atoms with Crippen LogP contribution in [0, 0.1) is 25.2 Å². The van der Waals surface area contributed by atoms with Gasteiger partial charge < -0.3 is 24.6 Å². The van der Waals surface area contributed by atoms with Crippen molar-refractivity contribution in [2.24, 2.45) is 0 Å². The number of aryl methyl sites for hydroxylation is 2. The van der Waals surface area contributed by atoms with Gasteiger partial charge in [0.2, 0.25) is 0 Å². The SMILES string of the molecule is Cc1cccc(C)c1C(=O)NC(C)CCN1CCC(N(Cc2cccc(C#N)c2)c2ccc(OCC(=O)OC(C)(C)C)cc2)CC1. The third kappa shape index (κ3) is 10.1. The van der Waals surface area contributed by atoms with Crippen molar-refractivity contribution >= 4 is 17.6 Å². The lowest BCUT2D eigenvalue weighted by atomic mass is 10.00. The summed E-state index contributed by atoms with van der Waals surface area (Å²) in [5, 5.41) is 12.7. The Morgan fingerprint density at radius 1 is 1.02 bits per heavy atom. The number of benzene rings is 3. The highest BCUT2D eigenvalue weighted by atomic mass is 16.6. The van der Waals surface area contributed by atoms with E-state index in [1.165, 1.54) is 0 Å². The zero-order chi connectivity index (χ0) is 33.3. The van der Waals surface area contributed by atoms with E-state index in [4.69, 9.17) is 9.47 Å². The minimum absolute atomic E-state index is 0.000763. The molecule has 8 nitrogen and oxygen atoms in total. The number of nitrogens with one attached hydrogen (secondary N) is 1. The van der Waals surface area contributed by atoms with Gasteiger partial charge in [-0.2, -0.15) is 5.26 Å². The summed E-state index contributed by atoms with van der Waals surface area (Å²) in [6.45, 7) is 14.9. The number of piperidine rings is 1. The standard InChI is InChI=1S/C38H48N4O4/c1-27-9-7-10-28(2)36(27)37(44)40-29(3)17-20-41-21-18-33(19-22-41)42(25-31-12-8-11-30(23-31)24-39)32-13-15-34(16-14-32)45-26-35(43)46-38(4,5)6/h7-16,23,29,33H,17-22,25-26H2,1-6H3,(H,40,44). The number of nitriles is 1. The van der Waals surface area contributed by atoms with Gasteiger partial charge in [0, 0.05) is 49.5 Å². The summed E-state index contributed by atoms with van der Waals surface area (Å²) < 4.78 is 11.1. The first-order valence-corrected chi connectivity index (χ1v) is 16.2. The third-order valence-corrected chi connectivity index (χ3v) is 8.32. The normalized spacial score (nSPS) is 14.6. The molecule has 3 aromatic carbocycles. The Morgan fingerprint density at radius 2 is 1.67 bits per heavy atom. The van der Waals surface area contributed by atoms with E-state index >= 15 is 0 Å². The molecule has 1 saturated heterocycles. The van der Waals surface area contributed by atoms with Crippen LogP contribution in [0.5, 0.6) is 5.75 Å². The Kier molecular flexibility index (Phi) is 11.8. The van der Waals surface area contributed by atoms with Gasteiger partial charge in [-0.15, -0.1) is 0 Å². The zero-order valence-electron chi connectivity index (χ0n) is 28.1. The number of rotatable bonds is 12. The van der Waals surface area contributed by atoms with Crippen LogP contribution in [0.4, 0.5) is 5.69 Å². The molecule has 1 fully saturated rings. The van der Waals surface area contributed by atoms with E-state index in [1.54, 1.807) is 0 Å². The highest BCUT2D eigenvalue weighted by Gasteiger charge is 2.26. The summed E-state index contributed by atoms with van der Waals surface area (Å²) in [7, 11) is 0. The van der Waals surface area contributed by atoms with Gasteiger partial charge in [0.05, 0.1) is 11.6 Å². The second-order valence-corrected chi connectivity index (χ2v) is 13.3. The van der Waals surface area contributed by atoms with Crippen molar-refractivity contribution in [3.05, 3.63) is 94.5 Å². The fourth-order valence-electron chi connectivity index (χ4n) is 5.99. The van der Waals surface area contributed by atoms with E-state index < -0.39 is 11.6 Å². The Morgan fingerprint density at radius 3 is 2.30 bits per heavy atom. The van der Waals surface area contributed by atoms with Crippen molar-refractivity contribution in [3.63, 3.8) is 0 Å². The lowest BCUT2D eigenvalue weighted by molar-refractivity contribution is -0.157. The van der Waals surface area contributed by atoms with Gasteiger partial charge in [0.25, 0.3) is 5.91 Å². The van der Waals surface area contributed by atoms with Crippen LogP contribution in [0.1, 0.15) is 79.6 Å². The molecule has 244 valence electrons. The Labute approximate surface area is 274 Å². The minimum atomic E-state index is -0.557. The third-order valence-electron chi connectivity index (χ3n) is 8.32. The minimum Gasteiger partial charge on any atom is -0.482 e. The summed E-state index contributed by atoms with van der Waals surface area (Å²) >= 11 is 0. The summed E-state index contributed by atoms with van der Waals surface area (Å²) in [6.07, 6.45) is 2.88. The van der Waals surface area contributed by atoms with Crippen molar-refractivity contribution in [2.75, 3.05) is 31.1 Å². The van der Waals surface area contributed by atoms with Gasteiger partial charge in [0.1, 0.15) is 11.4 Å². The van der Waals surface area contributed by atoms with E-state index in [0.29, 0.717) is 23.9 Å². The first-order valence-electron chi connectivity index (χ1n) is 16.2. The summed E-state index contributed by atoms with van der Waals surface area (Å²) in [4.78, 5) is 30.0. The van der Waals surface area contributed by atoms with Crippen molar-refractivity contribution in [3.8, 4) is 11.8 Å². The molecule has 0 spiro atoms. The molecule has 0 saturated carbocycles. The van der Waals surface area contributed by atoms with Crippen molar-refractivity contribution in [1.82, 2.24) is 10.2 Å². The van der Waals surface area contributed by atoms with Gasteiger partial charge in [-0.1, -0.05) is 30.3 Å². The largest absolute Gasteiger partial charge is 0.482 e. The lowest BCUT2D eigenvalue weighted by Crippen LogP contribution is -2.46. The maximum absolute atomic E-state index is 13.0. The smallest absolute Gasteiger partial charge is 0.344 e. The van der Waals surface area contributed by atoms with E-state index in [2.05, 4.69) is 34.2 Å². The molecule has 1 aliphatic heterocycles. The molecular weight excluding hydrogens is 576 g/mol. The van der Waals surface area contributed by atoms with Crippen LogP contribution in [0.3, 0.4) is 0 Å². The molecule has 3 aromatic rings. The van der Waals surface area contributed by atoms with Gasteiger partial charge in [-0.05, 0) is 114 Å². The molecule has 1 unspecified atom stereocenters. The lowest BCUT2D eigenvalue weighted by Gasteiger charge is -2.40. The average Bonchev–Trinajstić information content (AvgIpc) is 3.01. The second-order valence-electron chi connectivity index (χ2n) is 13.3. The molecule has 4 rings (SSSR count). The molecule has 1 N–H and O–H groups in total. The number of carbonyl (C=O) groups is 2. The number of nitrogens with zero attached hydrogens (tertiary/aromatic N) is 3. The van der Waals surface area contributed by atoms with Crippen LogP contribution in [-0.2, 0) is 16.1 Å². The number of likely N-dealkylation sites (tertiary alicyclic amines) is 1. The van der Waals surface area contributed by atoms with Crippen LogP contribution < -0.4 is 15.0 Å². The molecule has 1 amide bonds. The van der Waals surface area contributed by atoms with Crippen molar-refractivity contribution < 1.29 is 19.1 Å². The summed E-state index contributed by atoms with van der Waals surface area (Å²) in [6, 6.07) is 24.2. The van der Waals surface area contributed by atoms with Gasteiger partial charge in [-0.3, -0.25) is 4.79 Å². The fourth-order valence-corrected chi connectivity index (χ4v) is 5.99. The molecule has 1 atom stereocenters. The first-order chi connectivity index (χ1) is 21.9. The predicted molar refractivity (Wildman–Crippen MR) is 182 cm³/mol. The number of carbonyl (C=O) groups excluding carboxylic acids is 2. The quantitative estimate of drug-likeness (QED) is 0.228. The first kappa shape index (κ1) is 34.5. The van der Waals surface area contributed by atoms with Crippen LogP contribution in [0.15, 0.2) is 66.7 Å². The molecule has 0 bridgehead atoms. The number of anilines is 1. The van der Waals surface area contributed by atoms with Crippen LogP contribution >= 0.6 is 0 Å².